The Hall–Kier alpha value is -3.07. The molecule has 0 radical (unpaired) electrons. The monoisotopic (exact) mass is 359 g/mol. The topological polar surface area (TPSA) is 38.3 Å². The van der Waals surface area contributed by atoms with Crippen LogP contribution in [0.15, 0.2) is 72.8 Å². The molecular formula is C24H25NO2. The summed E-state index contributed by atoms with van der Waals surface area (Å²) in [6.45, 7) is 4.19. The lowest BCUT2D eigenvalue weighted by atomic mass is 9.95. The highest BCUT2D eigenvalue weighted by Gasteiger charge is 2.18. The Kier molecular flexibility index (Phi) is 5.92. The van der Waals surface area contributed by atoms with E-state index in [1.165, 1.54) is 11.1 Å². The maximum atomic E-state index is 12.8. The first-order valence-corrected chi connectivity index (χ1v) is 9.12. The third-order valence-electron chi connectivity index (χ3n) is 4.85. The Bertz CT molecular complexity index is 919. The second-order valence-electron chi connectivity index (χ2n) is 6.74. The van der Waals surface area contributed by atoms with E-state index in [0.29, 0.717) is 0 Å². The predicted octanol–water partition coefficient (Wildman–Crippen LogP) is 4.76. The molecule has 3 rings (SSSR count). The third-order valence-corrected chi connectivity index (χ3v) is 4.85. The molecule has 1 atom stereocenters. The van der Waals surface area contributed by atoms with Crippen LogP contribution >= 0.6 is 0 Å². The van der Waals surface area contributed by atoms with Crippen LogP contribution in [0.1, 0.15) is 33.9 Å². The van der Waals surface area contributed by atoms with Crippen molar-refractivity contribution in [3.05, 3.63) is 101 Å². The molecule has 3 aromatic carbocycles. The minimum atomic E-state index is -0.187. The van der Waals surface area contributed by atoms with Gasteiger partial charge < -0.3 is 10.1 Å². The second-order valence-corrected chi connectivity index (χ2v) is 6.74. The summed E-state index contributed by atoms with van der Waals surface area (Å²) in [5, 5.41) is 3.20. The van der Waals surface area contributed by atoms with Gasteiger partial charge in [0.05, 0.1) is 19.6 Å². The van der Waals surface area contributed by atoms with Crippen LogP contribution in [-0.2, 0) is 11.2 Å². The summed E-state index contributed by atoms with van der Waals surface area (Å²) in [5.41, 5.74) is 5.48. The van der Waals surface area contributed by atoms with Crippen molar-refractivity contribution >= 4 is 5.91 Å². The second kappa shape index (κ2) is 8.54. The Morgan fingerprint density at radius 2 is 1.59 bits per heavy atom. The van der Waals surface area contributed by atoms with Gasteiger partial charge in [-0.15, -0.1) is 0 Å². The molecule has 0 aliphatic heterocycles. The summed E-state index contributed by atoms with van der Waals surface area (Å²) in [4.78, 5) is 12.8. The Balaban J connectivity index is 1.87. The van der Waals surface area contributed by atoms with Crippen molar-refractivity contribution in [3.8, 4) is 5.75 Å². The molecule has 0 saturated carbocycles. The van der Waals surface area contributed by atoms with E-state index >= 15 is 0 Å². The normalized spacial score (nSPS) is 11.7. The number of benzene rings is 3. The van der Waals surface area contributed by atoms with Crippen molar-refractivity contribution in [2.24, 2.45) is 0 Å². The fourth-order valence-corrected chi connectivity index (χ4v) is 3.18. The lowest BCUT2D eigenvalue weighted by Gasteiger charge is -2.21. The van der Waals surface area contributed by atoms with Crippen LogP contribution < -0.4 is 10.1 Å². The first-order valence-electron chi connectivity index (χ1n) is 9.12. The average molecular weight is 359 g/mol. The SMILES string of the molecule is COc1ccccc1CC(=O)N[C@@H](c1ccccc1)c1ccc(C)c(C)c1. The third kappa shape index (κ3) is 4.56. The Labute approximate surface area is 161 Å². The first kappa shape index (κ1) is 18.7. The zero-order valence-corrected chi connectivity index (χ0v) is 16.0. The van der Waals surface area contributed by atoms with Gasteiger partial charge in [-0.2, -0.15) is 0 Å². The van der Waals surface area contributed by atoms with Gasteiger partial charge >= 0.3 is 0 Å². The van der Waals surface area contributed by atoms with E-state index < -0.39 is 0 Å². The van der Waals surface area contributed by atoms with Crippen molar-refractivity contribution in [2.75, 3.05) is 7.11 Å². The zero-order chi connectivity index (χ0) is 19.2. The summed E-state index contributed by atoms with van der Waals surface area (Å²) in [7, 11) is 1.62. The van der Waals surface area contributed by atoms with Crippen LogP contribution in [-0.4, -0.2) is 13.0 Å². The minimum Gasteiger partial charge on any atom is -0.496 e. The van der Waals surface area contributed by atoms with E-state index in [9.17, 15) is 4.79 Å². The highest BCUT2D eigenvalue weighted by molar-refractivity contribution is 5.80. The van der Waals surface area contributed by atoms with Crippen LogP contribution in [0.25, 0.3) is 0 Å². The molecule has 0 aromatic heterocycles. The predicted molar refractivity (Wildman–Crippen MR) is 109 cm³/mol. The molecule has 0 saturated heterocycles. The van der Waals surface area contributed by atoms with Gasteiger partial charge in [-0.1, -0.05) is 66.7 Å². The van der Waals surface area contributed by atoms with Gasteiger partial charge in [-0.25, -0.2) is 0 Å². The van der Waals surface area contributed by atoms with Crippen LogP contribution in [0, 0.1) is 13.8 Å². The molecule has 0 unspecified atom stereocenters. The number of aryl methyl sites for hydroxylation is 2. The molecule has 0 aliphatic rings. The molecular weight excluding hydrogens is 334 g/mol. The van der Waals surface area contributed by atoms with Crippen LogP contribution in [0.3, 0.4) is 0 Å². The van der Waals surface area contributed by atoms with Gasteiger partial charge in [-0.3, -0.25) is 4.79 Å². The van der Waals surface area contributed by atoms with E-state index in [4.69, 9.17) is 4.74 Å². The number of amides is 1. The van der Waals surface area contributed by atoms with E-state index in [2.05, 4.69) is 37.4 Å². The van der Waals surface area contributed by atoms with Gasteiger partial charge in [0, 0.05) is 5.56 Å². The Morgan fingerprint density at radius 3 is 2.30 bits per heavy atom. The summed E-state index contributed by atoms with van der Waals surface area (Å²) in [6, 6.07) is 23.8. The van der Waals surface area contributed by atoms with Crippen LogP contribution in [0.5, 0.6) is 5.75 Å². The van der Waals surface area contributed by atoms with Crippen molar-refractivity contribution in [1.82, 2.24) is 5.32 Å². The number of ether oxygens (including phenoxy) is 1. The largest absolute Gasteiger partial charge is 0.496 e. The van der Waals surface area contributed by atoms with E-state index in [0.717, 1.165) is 22.4 Å². The number of hydrogen-bond acceptors (Lipinski definition) is 2. The number of rotatable bonds is 6. The van der Waals surface area contributed by atoms with Crippen molar-refractivity contribution in [3.63, 3.8) is 0 Å². The highest BCUT2D eigenvalue weighted by Crippen LogP contribution is 2.25. The molecule has 0 heterocycles. The summed E-state index contributed by atoms with van der Waals surface area (Å²) < 4.78 is 5.37. The van der Waals surface area contributed by atoms with E-state index in [-0.39, 0.29) is 18.4 Å². The summed E-state index contributed by atoms with van der Waals surface area (Å²) in [6.07, 6.45) is 0.276. The fraction of sp³-hybridized carbons (Fsp3) is 0.208. The van der Waals surface area contributed by atoms with Gasteiger partial charge in [0.1, 0.15) is 5.75 Å². The number of hydrogen-bond donors (Lipinski definition) is 1. The molecule has 0 fully saturated rings. The lowest BCUT2D eigenvalue weighted by Crippen LogP contribution is -2.30. The number of nitrogens with one attached hydrogen (secondary N) is 1. The standard InChI is InChI=1S/C24H25NO2/c1-17-13-14-21(15-18(17)2)24(19-9-5-4-6-10-19)25-23(26)16-20-11-7-8-12-22(20)27-3/h4-15,24H,16H2,1-3H3,(H,25,26)/t24-/m0/s1. The molecule has 3 nitrogen and oxygen atoms in total. The molecule has 27 heavy (non-hydrogen) atoms. The summed E-state index contributed by atoms with van der Waals surface area (Å²) >= 11 is 0. The van der Waals surface area contributed by atoms with Gasteiger partial charge in [0.25, 0.3) is 0 Å². The van der Waals surface area contributed by atoms with E-state index in [1.54, 1.807) is 7.11 Å². The number of para-hydroxylation sites is 1. The van der Waals surface area contributed by atoms with Crippen LogP contribution in [0.2, 0.25) is 0 Å². The highest BCUT2D eigenvalue weighted by atomic mass is 16.5. The van der Waals surface area contributed by atoms with E-state index in [1.807, 2.05) is 54.6 Å². The molecule has 3 heteroatoms. The Morgan fingerprint density at radius 1 is 0.889 bits per heavy atom. The molecule has 0 bridgehead atoms. The smallest absolute Gasteiger partial charge is 0.225 e. The van der Waals surface area contributed by atoms with Gasteiger partial charge in [-0.05, 0) is 42.2 Å². The van der Waals surface area contributed by atoms with Crippen molar-refractivity contribution in [1.29, 1.82) is 0 Å². The fourth-order valence-electron chi connectivity index (χ4n) is 3.18. The molecule has 3 aromatic rings. The van der Waals surface area contributed by atoms with Crippen molar-refractivity contribution in [2.45, 2.75) is 26.3 Å². The average Bonchev–Trinajstić information content (AvgIpc) is 2.69. The molecule has 0 aliphatic carbocycles. The molecule has 138 valence electrons. The maximum absolute atomic E-state index is 12.8. The lowest BCUT2D eigenvalue weighted by molar-refractivity contribution is -0.121. The van der Waals surface area contributed by atoms with Crippen molar-refractivity contribution < 1.29 is 9.53 Å². The molecule has 1 amide bonds. The van der Waals surface area contributed by atoms with Gasteiger partial charge in [0.2, 0.25) is 5.91 Å². The number of carbonyl (C=O) groups excluding carboxylic acids is 1. The van der Waals surface area contributed by atoms with Gasteiger partial charge in [0.15, 0.2) is 0 Å². The van der Waals surface area contributed by atoms with Crippen LogP contribution in [0.4, 0.5) is 0 Å². The quantitative estimate of drug-likeness (QED) is 0.689. The summed E-state index contributed by atoms with van der Waals surface area (Å²) in [5.74, 6) is 0.696. The maximum Gasteiger partial charge on any atom is 0.225 e. The molecule has 0 spiro atoms. The number of methoxy groups -OCH3 is 1. The molecule has 1 N–H and O–H groups in total. The first-order chi connectivity index (χ1) is 13.1. The number of carbonyl (C=O) groups is 1. The zero-order valence-electron chi connectivity index (χ0n) is 16.0. The minimum absolute atomic E-state index is 0.0356.